The first-order valence-corrected chi connectivity index (χ1v) is 8.78. The minimum atomic E-state index is -0.611. The van der Waals surface area contributed by atoms with Gasteiger partial charge >= 0.3 is 11.8 Å². The summed E-state index contributed by atoms with van der Waals surface area (Å²) in [6, 6.07) is 7.37. The molecule has 5 heteroatoms. The van der Waals surface area contributed by atoms with Gasteiger partial charge < -0.3 is 15.4 Å². The van der Waals surface area contributed by atoms with Crippen LogP contribution >= 0.6 is 0 Å². The van der Waals surface area contributed by atoms with Gasteiger partial charge in [0.2, 0.25) is 0 Å². The maximum Gasteiger partial charge on any atom is 0.313 e. The van der Waals surface area contributed by atoms with Gasteiger partial charge in [-0.25, -0.2) is 0 Å². The minimum Gasteiger partial charge on any atom is -0.377 e. The predicted molar refractivity (Wildman–Crippen MR) is 92.4 cm³/mol. The number of hydrogen-bond acceptors (Lipinski definition) is 3. The summed E-state index contributed by atoms with van der Waals surface area (Å²) < 4.78 is 5.27. The number of nitrogens with one attached hydrogen (secondary N) is 2. The Bertz CT molecular complexity index is 616. The molecular formula is C19H26N2O3. The van der Waals surface area contributed by atoms with E-state index < -0.39 is 11.8 Å². The average molecular weight is 330 g/mol. The van der Waals surface area contributed by atoms with Gasteiger partial charge in [-0.2, -0.15) is 0 Å². The first-order chi connectivity index (χ1) is 11.6. The van der Waals surface area contributed by atoms with Gasteiger partial charge in [0.25, 0.3) is 0 Å². The van der Waals surface area contributed by atoms with Crippen molar-refractivity contribution in [2.75, 3.05) is 19.0 Å². The van der Waals surface area contributed by atoms with E-state index in [0.717, 1.165) is 17.4 Å². The van der Waals surface area contributed by atoms with Crippen LogP contribution < -0.4 is 10.6 Å². The van der Waals surface area contributed by atoms with Gasteiger partial charge in [-0.1, -0.05) is 18.6 Å². The van der Waals surface area contributed by atoms with E-state index in [1.807, 2.05) is 25.1 Å². The first-order valence-electron chi connectivity index (χ1n) is 8.78. The second kappa shape index (κ2) is 7.34. The van der Waals surface area contributed by atoms with Gasteiger partial charge in [0, 0.05) is 19.3 Å². The van der Waals surface area contributed by atoms with Gasteiger partial charge in [0.15, 0.2) is 0 Å². The summed E-state index contributed by atoms with van der Waals surface area (Å²) in [5.41, 5.74) is 1.56. The number of anilines is 1. The Morgan fingerprint density at radius 1 is 1.25 bits per heavy atom. The van der Waals surface area contributed by atoms with Crippen LogP contribution in [0.5, 0.6) is 0 Å². The molecule has 2 amide bonds. The van der Waals surface area contributed by atoms with Crippen LogP contribution in [0.1, 0.15) is 44.3 Å². The van der Waals surface area contributed by atoms with Crippen LogP contribution in [0.15, 0.2) is 24.3 Å². The Morgan fingerprint density at radius 2 is 2.08 bits per heavy atom. The molecule has 5 nitrogen and oxygen atoms in total. The molecule has 0 radical (unpaired) electrons. The third kappa shape index (κ3) is 3.78. The number of ether oxygens (including phenoxy) is 1. The fourth-order valence-electron chi connectivity index (χ4n) is 4.12. The minimum absolute atomic E-state index is 0.0616. The lowest BCUT2D eigenvalue weighted by Gasteiger charge is -2.21. The molecule has 3 rings (SSSR count). The summed E-state index contributed by atoms with van der Waals surface area (Å²) in [7, 11) is 1.64. The third-order valence-electron chi connectivity index (χ3n) is 5.58. The number of amides is 2. The van der Waals surface area contributed by atoms with E-state index in [2.05, 4.69) is 10.6 Å². The van der Waals surface area contributed by atoms with E-state index >= 15 is 0 Å². The van der Waals surface area contributed by atoms with Crippen LogP contribution in [0.3, 0.4) is 0 Å². The Morgan fingerprint density at radius 3 is 2.75 bits per heavy atom. The molecule has 0 spiro atoms. The zero-order valence-corrected chi connectivity index (χ0v) is 14.4. The molecule has 0 saturated heterocycles. The SMILES string of the molecule is CO[C@H](C)c1cccc(NC(=O)C(=O)NC[C@@H]2C[C@H]3CC[C@H]2C3)c1. The summed E-state index contributed by atoms with van der Waals surface area (Å²) >= 11 is 0. The van der Waals surface area contributed by atoms with E-state index in [1.54, 1.807) is 13.2 Å². The molecule has 2 aliphatic rings. The van der Waals surface area contributed by atoms with Gasteiger partial charge in [-0.05, 0) is 61.6 Å². The van der Waals surface area contributed by atoms with E-state index in [1.165, 1.54) is 25.7 Å². The molecule has 1 aromatic carbocycles. The zero-order chi connectivity index (χ0) is 17.1. The van der Waals surface area contributed by atoms with E-state index in [4.69, 9.17) is 4.74 Å². The topological polar surface area (TPSA) is 67.4 Å². The molecule has 1 aromatic rings. The fraction of sp³-hybridized carbons (Fsp3) is 0.579. The van der Waals surface area contributed by atoms with Crippen molar-refractivity contribution < 1.29 is 14.3 Å². The van der Waals surface area contributed by atoms with Crippen molar-refractivity contribution in [3.05, 3.63) is 29.8 Å². The van der Waals surface area contributed by atoms with E-state index in [9.17, 15) is 9.59 Å². The van der Waals surface area contributed by atoms with Crippen molar-refractivity contribution in [2.24, 2.45) is 17.8 Å². The Hall–Kier alpha value is -1.88. The lowest BCUT2D eigenvalue weighted by Crippen LogP contribution is -2.39. The quantitative estimate of drug-likeness (QED) is 0.816. The Balaban J connectivity index is 1.50. The highest BCUT2D eigenvalue weighted by Crippen LogP contribution is 2.47. The zero-order valence-electron chi connectivity index (χ0n) is 14.4. The molecule has 4 atom stereocenters. The van der Waals surface area contributed by atoms with Gasteiger partial charge in [0.1, 0.15) is 0 Å². The lowest BCUT2D eigenvalue weighted by atomic mass is 9.89. The van der Waals surface area contributed by atoms with Crippen molar-refractivity contribution in [1.29, 1.82) is 0 Å². The molecular weight excluding hydrogens is 304 g/mol. The van der Waals surface area contributed by atoms with Crippen LogP contribution in [0.4, 0.5) is 5.69 Å². The molecule has 0 aromatic heterocycles. The van der Waals surface area contributed by atoms with Crippen molar-refractivity contribution in [1.82, 2.24) is 5.32 Å². The van der Waals surface area contributed by atoms with Crippen molar-refractivity contribution >= 4 is 17.5 Å². The molecule has 2 aliphatic carbocycles. The maximum atomic E-state index is 12.1. The highest BCUT2D eigenvalue weighted by Gasteiger charge is 2.39. The number of benzene rings is 1. The van der Waals surface area contributed by atoms with E-state index in [0.29, 0.717) is 18.2 Å². The molecule has 0 heterocycles. The van der Waals surface area contributed by atoms with Crippen LogP contribution in [0.2, 0.25) is 0 Å². The number of carbonyl (C=O) groups is 2. The molecule has 2 N–H and O–H groups in total. The van der Waals surface area contributed by atoms with Gasteiger partial charge in [0.05, 0.1) is 6.10 Å². The summed E-state index contributed by atoms with van der Waals surface area (Å²) in [5, 5.41) is 5.47. The second-order valence-electron chi connectivity index (χ2n) is 7.10. The molecule has 0 unspecified atom stereocenters. The summed E-state index contributed by atoms with van der Waals surface area (Å²) in [6.07, 6.45) is 5.06. The maximum absolute atomic E-state index is 12.1. The molecule has 0 aliphatic heterocycles. The fourth-order valence-corrected chi connectivity index (χ4v) is 4.12. The first kappa shape index (κ1) is 17.0. The lowest BCUT2D eigenvalue weighted by molar-refractivity contribution is -0.136. The van der Waals surface area contributed by atoms with Crippen molar-refractivity contribution in [3.63, 3.8) is 0 Å². The smallest absolute Gasteiger partial charge is 0.313 e. The molecule has 2 fully saturated rings. The predicted octanol–water partition coefficient (Wildman–Crippen LogP) is 2.88. The monoisotopic (exact) mass is 330 g/mol. The van der Waals surface area contributed by atoms with Gasteiger partial charge in [-0.3, -0.25) is 9.59 Å². The summed E-state index contributed by atoms with van der Waals surface area (Å²) in [6.45, 7) is 2.55. The summed E-state index contributed by atoms with van der Waals surface area (Å²) in [5.74, 6) is 0.969. The Kier molecular flexibility index (Phi) is 5.19. The molecule has 2 bridgehead atoms. The normalized spacial score (nSPS) is 26.2. The highest BCUT2D eigenvalue weighted by molar-refractivity contribution is 6.39. The van der Waals surface area contributed by atoms with E-state index in [-0.39, 0.29) is 6.10 Å². The molecule has 24 heavy (non-hydrogen) atoms. The van der Waals surface area contributed by atoms with Crippen molar-refractivity contribution in [3.8, 4) is 0 Å². The van der Waals surface area contributed by atoms with Crippen LogP contribution in [-0.4, -0.2) is 25.5 Å². The average Bonchev–Trinajstić information content (AvgIpc) is 3.22. The molecule has 130 valence electrons. The third-order valence-corrected chi connectivity index (χ3v) is 5.58. The number of rotatable bonds is 5. The largest absolute Gasteiger partial charge is 0.377 e. The standard InChI is InChI=1S/C19H26N2O3/c1-12(24-2)14-4-3-5-17(10-14)21-19(23)18(22)20-11-16-9-13-6-7-15(16)8-13/h3-5,10,12-13,15-16H,6-9,11H2,1-2H3,(H,20,22)(H,21,23)/t12-,13+,15+,16+/m1/s1. The number of hydrogen-bond donors (Lipinski definition) is 2. The summed E-state index contributed by atoms with van der Waals surface area (Å²) in [4.78, 5) is 24.1. The van der Waals surface area contributed by atoms with Crippen LogP contribution in [0.25, 0.3) is 0 Å². The van der Waals surface area contributed by atoms with Crippen LogP contribution in [-0.2, 0) is 14.3 Å². The number of fused-ring (bicyclic) bond motifs is 2. The number of carbonyl (C=O) groups excluding carboxylic acids is 2. The second-order valence-corrected chi connectivity index (χ2v) is 7.10. The van der Waals surface area contributed by atoms with Gasteiger partial charge in [-0.15, -0.1) is 0 Å². The molecule has 2 saturated carbocycles. The highest BCUT2D eigenvalue weighted by atomic mass is 16.5. The Labute approximate surface area is 143 Å². The van der Waals surface area contributed by atoms with Crippen molar-refractivity contribution in [2.45, 2.75) is 38.7 Å². The number of methoxy groups -OCH3 is 1. The van der Waals surface area contributed by atoms with Crippen LogP contribution in [0, 0.1) is 17.8 Å².